The number of Topliss-reactive ketones (excluding diaryl/α,β-unsaturated/α-hetero) is 1. The van der Waals surface area contributed by atoms with Gasteiger partial charge in [0.2, 0.25) is 0 Å². The Morgan fingerprint density at radius 2 is 1.90 bits per heavy atom. The number of likely N-dealkylation sites (tertiary alicyclic amines) is 1. The quantitative estimate of drug-likeness (QED) is 0.792. The minimum absolute atomic E-state index is 0.0408. The molecule has 2 rings (SSSR count). The lowest BCUT2D eigenvalue weighted by atomic mass is 9.89. The van der Waals surface area contributed by atoms with Gasteiger partial charge in [-0.2, -0.15) is 0 Å². The van der Waals surface area contributed by atoms with Gasteiger partial charge in [-0.3, -0.25) is 9.69 Å². The van der Waals surface area contributed by atoms with Crippen molar-refractivity contribution in [1.82, 2.24) is 4.90 Å². The molecule has 0 unspecified atom stereocenters. The van der Waals surface area contributed by atoms with Gasteiger partial charge in [-0.25, -0.2) is 4.39 Å². The first-order chi connectivity index (χ1) is 9.46. The molecule has 0 saturated carbocycles. The highest BCUT2D eigenvalue weighted by Crippen LogP contribution is 2.26. The molecule has 3 nitrogen and oxygen atoms in total. The second-order valence-corrected chi connectivity index (χ2v) is 5.79. The van der Waals surface area contributed by atoms with E-state index < -0.39 is 11.4 Å². The number of carbonyl (C=O) groups is 1. The molecule has 0 spiro atoms. The summed E-state index contributed by atoms with van der Waals surface area (Å²) in [6.45, 7) is 5.69. The van der Waals surface area contributed by atoms with E-state index in [1.165, 1.54) is 25.7 Å². The topological polar surface area (TPSA) is 29.5 Å². The lowest BCUT2D eigenvalue weighted by Crippen LogP contribution is -2.52. The summed E-state index contributed by atoms with van der Waals surface area (Å²) in [6.07, 6.45) is 3.46. The van der Waals surface area contributed by atoms with Crippen LogP contribution in [0.3, 0.4) is 0 Å². The molecule has 1 fully saturated rings. The fraction of sp³-hybridized carbons (Fsp3) is 0.562. The van der Waals surface area contributed by atoms with Gasteiger partial charge >= 0.3 is 0 Å². The van der Waals surface area contributed by atoms with Crippen LogP contribution in [0.4, 0.5) is 4.39 Å². The molecule has 0 amide bonds. The largest absolute Gasteiger partial charge is 0.494 e. The number of rotatable bonds is 4. The van der Waals surface area contributed by atoms with Gasteiger partial charge in [-0.1, -0.05) is 6.42 Å². The van der Waals surface area contributed by atoms with Crippen LogP contribution >= 0.6 is 0 Å². The van der Waals surface area contributed by atoms with Crippen LogP contribution in [0.2, 0.25) is 0 Å². The molecule has 1 aromatic rings. The van der Waals surface area contributed by atoms with Crippen LogP contribution in [0.1, 0.15) is 43.5 Å². The minimum Gasteiger partial charge on any atom is -0.494 e. The van der Waals surface area contributed by atoms with Gasteiger partial charge in [-0.15, -0.1) is 0 Å². The monoisotopic (exact) mass is 279 g/mol. The van der Waals surface area contributed by atoms with Crippen molar-refractivity contribution < 1.29 is 13.9 Å². The SMILES string of the molecule is COc1ccc(C(=O)C(C)(C)N2CCCCC2)cc1F. The third-order valence-electron chi connectivity index (χ3n) is 4.12. The van der Waals surface area contributed by atoms with Crippen molar-refractivity contribution in [3.8, 4) is 5.75 Å². The molecule has 1 aliphatic rings. The average Bonchev–Trinajstić information content (AvgIpc) is 2.47. The van der Waals surface area contributed by atoms with Crippen LogP contribution in [-0.2, 0) is 0 Å². The van der Waals surface area contributed by atoms with Gasteiger partial charge in [0.25, 0.3) is 0 Å². The van der Waals surface area contributed by atoms with Crippen LogP contribution in [-0.4, -0.2) is 36.4 Å². The van der Waals surface area contributed by atoms with Crippen molar-refractivity contribution in [3.63, 3.8) is 0 Å². The van der Waals surface area contributed by atoms with Crippen molar-refractivity contribution in [2.45, 2.75) is 38.6 Å². The van der Waals surface area contributed by atoms with E-state index >= 15 is 0 Å². The number of hydrogen-bond acceptors (Lipinski definition) is 3. The van der Waals surface area contributed by atoms with Gasteiger partial charge in [-0.05, 0) is 58.0 Å². The Labute approximate surface area is 119 Å². The Balaban J connectivity index is 2.22. The second-order valence-electron chi connectivity index (χ2n) is 5.79. The van der Waals surface area contributed by atoms with E-state index in [2.05, 4.69) is 4.90 Å². The highest BCUT2D eigenvalue weighted by Gasteiger charge is 2.35. The van der Waals surface area contributed by atoms with Gasteiger partial charge < -0.3 is 4.74 Å². The molecule has 20 heavy (non-hydrogen) atoms. The zero-order valence-corrected chi connectivity index (χ0v) is 12.4. The molecule has 110 valence electrons. The fourth-order valence-corrected chi connectivity index (χ4v) is 2.76. The minimum atomic E-state index is -0.596. The first-order valence-corrected chi connectivity index (χ1v) is 7.10. The molecule has 0 N–H and O–H groups in total. The summed E-state index contributed by atoms with van der Waals surface area (Å²) in [5.74, 6) is -0.369. The summed E-state index contributed by atoms with van der Waals surface area (Å²) in [4.78, 5) is 14.9. The van der Waals surface area contributed by atoms with Gasteiger partial charge in [0, 0.05) is 5.56 Å². The van der Waals surface area contributed by atoms with Gasteiger partial charge in [0.05, 0.1) is 12.6 Å². The second kappa shape index (κ2) is 5.92. The Morgan fingerprint density at radius 1 is 1.25 bits per heavy atom. The first kappa shape index (κ1) is 15.0. The van der Waals surface area contributed by atoms with E-state index in [9.17, 15) is 9.18 Å². The number of ketones is 1. The highest BCUT2D eigenvalue weighted by molar-refractivity contribution is 6.02. The van der Waals surface area contributed by atoms with E-state index in [0.29, 0.717) is 5.56 Å². The first-order valence-electron chi connectivity index (χ1n) is 7.10. The molecule has 0 aromatic heterocycles. The van der Waals surface area contributed by atoms with Crippen LogP contribution in [0, 0.1) is 5.82 Å². The maximum atomic E-state index is 13.8. The van der Waals surface area contributed by atoms with E-state index in [1.807, 2.05) is 13.8 Å². The van der Waals surface area contributed by atoms with E-state index in [0.717, 1.165) is 25.9 Å². The molecule has 1 aliphatic heterocycles. The molecular formula is C16H22FNO2. The lowest BCUT2D eigenvalue weighted by molar-refractivity contribution is 0.0579. The highest BCUT2D eigenvalue weighted by atomic mass is 19.1. The van der Waals surface area contributed by atoms with Crippen molar-refractivity contribution in [2.24, 2.45) is 0 Å². The standard InChI is InChI=1S/C16H22FNO2/c1-16(2,18-9-5-4-6-10-18)15(19)12-7-8-14(20-3)13(17)11-12/h7-8,11H,4-6,9-10H2,1-3H3. The Morgan fingerprint density at radius 3 is 2.45 bits per heavy atom. The van der Waals surface area contributed by atoms with Gasteiger partial charge in [0.1, 0.15) is 0 Å². The normalized spacial score (nSPS) is 17.0. The predicted octanol–water partition coefficient (Wildman–Crippen LogP) is 3.28. The van der Waals surface area contributed by atoms with Crippen molar-refractivity contribution in [2.75, 3.05) is 20.2 Å². The molecular weight excluding hydrogens is 257 g/mol. The molecule has 0 atom stereocenters. The third kappa shape index (κ3) is 2.85. The van der Waals surface area contributed by atoms with E-state index in [-0.39, 0.29) is 11.5 Å². The molecule has 0 radical (unpaired) electrons. The summed E-state index contributed by atoms with van der Waals surface area (Å²) in [5.41, 5.74) is -0.194. The average molecular weight is 279 g/mol. The summed E-state index contributed by atoms with van der Waals surface area (Å²) < 4.78 is 18.6. The van der Waals surface area contributed by atoms with Crippen LogP contribution in [0.25, 0.3) is 0 Å². The number of nitrogens with zero attached hydrogens (tertiary/aromatic N) is 1. The Kier molecular flexibility index (Phi) is 4.43. The van der Waals surface area contributed by atoms with Gasteiger partial charge in [0.15, 0.2) is 17.3 Å². The molecule has 0 bridgehead atoms. The van der Waals surface area contributed by atoms with Crippen molar-refractivity contribution >= 4 is 5.78 Å². The molecule has 1 heterocycles. The predicted molar refractivity (Wildman–Crippen MR) is 76.8 cm³/mol. The summed E-state index contributed by atoms with van der Waals surface area (Å²) in [5, 5.41) is 0. The number of benzene rings is 1. The maximum absolute atomic E-state index is 13.8. The Hall–Kier alpha value is -1.42. The van der Waals surface area contributed by atoms with Crippen LogP contribution < -0.4 is 4.74 Å². The zero-order chi connectivity index (χ0) is 14.8. The summed E-state index contributed by atoms with van der Waals surface area (Å²) in [7, 11) is 1.41. The summed E-state index contributed by atoms with van der Waals surface area (Å²) in [6, 6.07) is 4.41. The van der Waals surface area contributed by atoms with Crippen molar-refractivity contribution in [3.05, 3.63) is 29.6 Å². The lowest BCUT2D eigenvalue weighted by Gasteiger charge is -2.39. The molecule has 1 saturated heterocycles. The van der Waals surface area contributed by atoms with Crippen LogP contribution in [0.15, 0.2) is 18.2 Å². The number of piperidine rings is 1. The number of hydrogen-bond donors (Lipinski definition) is 0. The number of halogens is 1. The smallest absolute Gasteiger partial charge is 0.182 e. The third-order valence-corrected chi connectivity index (χ3v) is 4.12. The number of methoxy groups -OCH3 is 1. The number of ether oxygens (including phenoxy) is 1. The molecule has 0 aliphatic carbocycles. The molecule has 4 heteroatoms. The molecule has 1 aromatic carbocycles. The zero-order valence-electron chi connectivity index (χ0n) is 12.4. The van der Waals surface area contributed by atoms with Crippen LogP contribution in [0.5, 0.6) is 5.75 Å². The Bertz CT molecular complexity index is 493. The van der Waals surface area contributed by atoms with E-state index in [1.54, 1.807) is 6.07 Å². The van der Waals surface area contributed by atoms with Crippen molar-refractivity contribution in [1.29, 1.82) is 0 Å². The summed E-state index contributed by atoms with van der Waals surface area (Å²) >= 11 is 0. The number of carbonyl (C=O) groups excluding carboxylic acids is 1. The maximum Gasteiger partial charge on any atom is 0.182 e. The fourth-order valence-electron chi connectivity index (χ4n) is 2.76. The van der Waals surface area contributed by atoms with E-state index in [4.69, 9.17) is 4.74 Å².